The Morgan fingerprint density at radius 1 is 0.964 bits per heavy atom. The molecule has 6 heteroatoms. The van der Waals surface area contributed by atoms with Gasteiger partial charge in [0, 0.05) is 66.9 Å². The molecule has 0 atom stereocenters. The lowest BCUT2D eigenvalue weighted by molar-refractivity contribution is 0.234. The highest BCUT2D eigenvalue weighted by Gasteiger charge is 2.16. The molecule has 1 aliphatic heterocycles. The second-order valence-corrected chi connectivity index (χ2v) is 7.87. The number of nitrogens with one attached hydrogen (secondary N) is 1. The van der Waals surface area contributed by atoms with Gasteiger partial charge in [-0.25, -0.2) is 0 Å². The number of aromatic amines is 1. The van der Waals surface area contributed by atoms with Gasteiger partial charge in [-0.05, 0) is 42.1 Å². The van der Waals surface area contributed by atoms with Crippen LogP contribution in [0.1, 0.15) is 6.42 Å². The number of pyridine rings is 1. The van der Waals surface area contributed by atoms with Gasteiger partial charge in [0.15, 0.2) is 0 Å². The molecule has 1 fully saturated rings. The van der Waals surface area contributed by atoms with Crippen molar-refractivity contribution < 1.29 is 4.18 Å². The molecular formula is C22H25N3O2S. The van der Waals surface area contributed by atoms with Crippen molar-refractivity contribution in [2.45, 2.75) is 11.3 Å². The molecule has 1 N–H and O–H groups in total. The van der Waals surface area contributed by atoms with E-state index in [0.717, 1.165) is 54.9 Å². The average Bonchev–Trinajstić information content (AvgIpc) is 2.74. The highest BCUT2D eigenvalue weighted by atomic mass is 32.2. The topological polar surface area (TPSA) is 48.6 Å². The van der Waals surface area contributed by atoms with E-state index in [1.54, 1.807) is 6.07 Å². The summed E-state index contributed by atoms with van der Waals surface area (Å²) >= 11 is 1.38. The predicted molar refractivity (Wildman–Crippen MR) is 116 cm³/mol. The fourth-order valence-corrected chi connectivity index (χ4v) is 4.13. The Kier molecular flexibility index (Phi) is 6.31. The predicted octanol–water partition coefficient (Wildman–Crippen LogP) is 3.76. The van der Waals surface area contributed by atoms with E-state index >= 15 is 0 Å². The fourth-order valence-electron chi connectivity index (χ4n) is 3.51. The van der Waals surface area contributed by atoms with Crippen LogP contribution in [0.2, 0.25) is 0 Å². The second-order valence-electron chi connectivity index (χ2n) is 6.99. The van der Waals surface area contributed by atoms with Crippen molar-refractivity contribution in [2.75, 3.05) is 44.2 Å². The molecule has 0 amide bonds. The molecule has 0 saturated carbocycles. The minimum Gasteiger partial charge on any atom is -0.369 e. The number of fused-ring (bicyclic) bond motifs is 1. The summed E-state index contributed by atoms with van der Waals surface area (Å²) in [5, 5.41) is 1.03. The number of benzene rings is 2. The molecule has 4 rings (SSSR count). The first-order valence-corrected chi connectivity index (χ1v) is 10.5. The third-order valence-electron chi connectivity index (χ3n) is 5.05. The number of aromatic nitrogens is 1. The van der Waals surface area contributed by atoms with Crippen molar-refractivity contribution >= 4 is 28.6 Å². The molecule has 0 aliphatic carbocycles. The monoisotopic (exact) mass is 395 g/mol. The van der Waals surface area contributed by atoms with Crippen LogP contribution in [0.15, 0.2) is 70.4 Å². The Morgan fingerprint density at radius 3 is 2.57 bits per heavy atom. The summed E-state index contributed by atoms with van der Waals surface area (Å²) in [6, 6.07) is 20.0. The van der Waals surface area contributed by atoms with E-state index in [-0.39, 0.29) is 5.56 Å². The molecule has 2 aromatic carbocycles. The quantitative estimate of drug-likeness (QED) is 0.488. The van der Waals surface area contributed by atoms with Gasteiger partial charge in [-0.3, -0.25) is 9.69 Å². The second kappa shape index (κ2) is 9.28. The Labute approximate surface area is 169 Å². The van der Waals surface area contributed by atoms with Crippen LogP contribution < -0.4 is 10.5 Å². The van der Waals surface area contributed by atoms with Crippen LogP contribution in [0.4, 0.5) is 5.69 Å². The maximum absolute atomic E-state index is 11.4. The number of anilines is 1. The molecule has 0 bridgehead atoms. The summed E-state index contributed by atoms with van der Waals surface area (Å²) in [7, 11) is 0. The number of piperazine rings is 1. The van der Waals surface area contributed by atoms with E-state index < -0.39 is 0 Å². The Bertz CT molecular complexity index is 953. The molecule has 3 aromatic rings. The van der Waals surface area contributed by atoms with Crippen molar-refractivity contribution in [1.82, 2.24) is 9.88 Å². The van der Waals surface area contributed by atoms with Crippen molar-refractivity contribution in [3.8, 4) is 0 Å². The maximum atomic E-state index is 11.4. The minimum atomic E-state index is -0.0806. The summed E-state index contributed by atoms with van der Waals surface area (Å²) in [5.74, 6) is 0. The summed E-state index contributed by atoms with van der Waals surface area (Å²) < 4.78 is 5.77. The number of hydrogen-bond acceptors (Lipinski definition) is 5. The number of rotatable bonds is 7. The lowest BCUT2D eigenvalue weighted by atomic mass is 10.2. The Balaban J connectivity index is 1.16. The number of H-pyrrole nitrogens is 1. The summed E-state index contributed by atoms with van der Waals surface area (Å²) in [6.07, 6.45) is 1.02. The molecular weight excluding hydrogens is 370 g/mol. The van der Waals surface area contributed by atoms with Crippen LogP contribution in [-0.2, 0) is 4.18 Å². The average molecular weight is 396 g/mol. The molecule has 1 saturated heterocycles. The largest absolute Gasteiger partial charge is 0.369 e. The Hall–Kier alpha value is -2.28. The van der Waals surface area contributed by atoms with Crippen molar-refractivity contribution in [2.24, 2.45) is 0 Å². The van der Waals surface area contributed by atoms with E-state index in [1.165, 1.54) is 17.7 Å². The molecule has 1 aromatic heterocycles. The smallest absolute Gasteiger partial charge is 0.248 e. The molecule has 1 aliphatic rings. The lowest BCUT2D eigenvalue weighted by Gasteiger charge is -2.36. The fraction of sp³-hybridized carbons (Fsp3) is 0.318. The van der Waals surface area contributed by atoms with Crippen molar-refractivity contribution in [3.05, 3.63) is 71.0 Å². The highest BCUT2D eigenvalue weighted by molar-refractivity contribution is 7.94. The van der Waals surface area contributed by atoms with E-state index in [9.17, 15) is 4.79 Å². The minimum absolute atomic E-state index is 0.0806. The first-order valence-electron chi connectivity index (χ1n) is 9.73. The van der Waals surface area contributed by atoms with Crippen molar-refractivity contribution in [3.63, 3.8) is 0 Å². The van der Waals surface area contributed by atoms with Gasteiger partial charge in [-0.1, -0.05) is 24.3 Å². The molecule has 0 radical (unpaired) electrons. The molecule has 146 valence electrons. The van der Waals surface area contributed by atoms with Gasteiger partial charge >= 0.3 is 0 Å². The van der Waals surface area contributed by atoms with Gasteiger partial charge in [-0.15, -0.1) is 0 Å². The summed E-state index contributed by atoms with van der Waals surface area (Å²) in [5.41, 5.74) is 2.08. The molecule has 5 nitrogen and oxygen atoms in total. The molecule has 28 heavy (non-hydrogen) atoms. The first-order chi connectivity index (χ1) is 13.8. The maximum Gasteiger partial charge on any atom is 0.248 e. The summed E-state index contributed by atoms with van der Waals surface area (Å²) in [4.78, 5) is 20.3. The van der Waals surface area contributed by atoms with Crippen LogP contribution in [0.3, 0.4) is 0 Å². The van der Waals surface area contributed by atoms with E-state index in [2.05, 4.69) is 45.1 Å². The molecule has 0 unspecified atom stereocenters. The SMILES string of the molecule is O=c1ccc2ccc(SOCCCN3CCN(c4ccccc4)CC3)cc2[nH]1. The van der Waals surface area contributed by atoms with Gasteiger partial charge in [0.2, 0.25) is 5.56 Å². The summed E-state index contributed by atoms with van der Waals surface area (Å²) in [6.45, 7) is 6.13. The highest BCUT2D eigenvalue weighted by Crippen LogP contribution is 2.23. The standard InChI is InChI=1S/C22H25N3O2S/c26-22-10-8-18-7-9-20(17-21(18)23-22)28-27-16-4-11-24-12-14-25(15-13-24)19-5-2-1-3-6-19/h1-3,5-10,17H,4,11-16H2,(H,23,26). The van der Waals surface area contributed by atoms with Gasteiger partial charge < -0.3 is 14.1 Å². The zero-order valence-corrected chi connectivity index (χ0v) is 16.7. The van der Waals surface area contributed by atoms with Gasteiger partial charge in [-0.2, -0.15) is 0 Å². The van der Waals surface area contributed by atoms with Gasteiger partial charge in [0.1, 0.15) is 0 Å². The van der Waals surface area contributed by atoms with Crippen molar-refractivity contribution in [1.29, 1.82) is 0 Å². The molecule has 2 heterocycles. The zero-order valence-electron chi connectivity index (χ0n) is 15.8. The number of nitrogens with zero attached hydrogens (tertiary/aromatic N) is 2. The number of hydrogen-bond donors (Lipinski definition) is 1. The third-order valence-corrected chi connectivity index (χ3v) is 5.78. The van der Waals surface area contributed by atoms with E-state index in [4.69, 9.17) is 4.18 Å². The van der Waals surface area contributed by atoms with Gasteiger partial charge in [0.25, 0.3) is 0 Å². The van der Waals surface area contributed by atoms with Crippen LogP contribution in [0, 0.1) is 0 Å². The van der Waals surface area contributed by atoms with E-state index in [0.29, 0.717) is 6.61 Å². The lowest BCUT2D eigenvalue weighted by Crippen LogP contribution is -2.46. The van der Waals surface area contributed by atoms with Crippen LogP contribution in [-0.4, -0.2) is 49.2 Å². The normalized spacial score (nSPS) is 15.2. The first kappa shape index (κ1) is 19.1. The van der Waals surface area contributed by atoms with Crippen LogP contribution in [0.5, 0.6) is 0 Å². The zero-order chi connectivity index (χ0) is 19.2. The third kappa shape index (κ3) is 4.95. The Morgan fingerprint density at radius 2 is 1.75 bits per heavy atom. The van der Waals surface area contributed by atoms with Crippen LogP contribution >= 0.6 is 12.0 Å². The van der Waals surface area contributed by atoms with Crippen LogP contribution in [0.25, 0.3) is 10.9 Å². The van der Waals surface area contributed by atoms with Gasteiger partial charge in [0.05, 0.1) is 6.61 Å². The molecule has 0 spiro atoms. The van der Waals surface area contributed by atoms with E-state index in [1.807, 2.05) is 24.3 Å². The number of para-hydroxylation sites is 1.